The van der Waals surface area contributed by atoms with Gasteiger partial charge in [0.05, 0.1) is 0 Å². The Morgan fingerprint density at radius 3 is 2.79 bits per heavy atom. The molecule has 2 atom stereocenters. The van der Waals surface area contributed by atoms with Gasteiger partial charge in [-0.15, -0.1) is 23.1 Å². The van der Waals surface area contributed by atoms with Gasteiger partial charge in [0.15, 0.2) is 10.8 Å². The van der Waals surface area contributed by atoms with Gasteiger partial charge >= 0.3 is 11.6 Å². The zero-order chi connectivity index (χ0) is 24.6. The van der Waals surface area contributed by atoms with Crippen LogP contribution in [-0.2, 0) is 19.2 Å². The molecule has 15 heteroatoms. The highest BCUT2D eigenvalue weighted by atomic mass is 32.2. The number of nitrogens with one attached hydrogen (secondary N) is 1. The monoisotopic (exact) mass is 523 g/mol. The van der Waals surface area contributed by atoms with Gasteiger partial charge in [0, 0.05) is 27.0 Å². The van der Waals surface area contributed by atoms with Crippen LogP contribution < -0.4 is 16.7 Å². The Hall–Kier alpha value is -3.30. The number of thioether (sulfide) groups is 2. The number of carboxylic acids is 1. The zero-order valence-corrected chi connectivity index (χ0v) is 20.1. The summed E-state index contributed by atoms with van der Waals surface area (Å²) in [7, 11) is 1.26. The van der Waals surface area contributed by atoms with Crippen molar-refractivity contribution in [2.24, 2.45) is 5.16 Å². The minimum Gasteiger partial charge on any atom is -0.477 e. The normalized spacial score (nSPS) is 20.0. The molecule has 2 amide bonds. The van der Waals surface area contributed by atoms with Crippen molar-refractivity contribution in [1.82, 2.24) is 15.2 Å². The molecule has 4 heterocycles. The summed E-state index contributed by atoms with van der Waals surface area (Å²) in [5.41, 5.74) is 4.90. The second-order valence-corrected chi connectivity index (χ2v) is 10.1. The van der Waals surface area contributed by atoms with Crippen LogP contribution >= 0.6 is 34.9 Å². The molecule has 12 nitrogen and oxygen atoms in total. The van der Waals surface area contributed by atoms with E-state index in [0.717, 1.165) is 28.0 Å². The van der Waals surface area contributed by atoms with Gasteiger partial charge in [-0.2, -0.15) is 0 Å². The van der Waals surface area contributed by atoms with Crippen LogP contribution in [0.15, 0.2) is 47.4 Å². The van der Waals surface area contributed by atoms with Gasteiger partial charge in [0.1, 0.15) is 35.7 Å². The Kier molecular flexibility index (Phi) is 6.67. The number of nitrogens with zero attached hydrogens (tertiary/aromatic N) is 3. The molecule has 0 radical (unpaired) electrons. The number of carboxylic acid groups (broad SMARTS) is 1. The first-order chi connectivity index (χ1) is 16.2. The highest BCUT2D eigenvalue weighted by molar-refractivity contribution is 8.06. The van der Waals surface area contributed by atoms with Gasteiger partial charge in [0.2, 0.25) is 0 Å². The number of oxime groups is 1. The number of thiazole rings is 1. The number of β-lactam (4-membered cyclic amide) rings is 1. The smallest absolute Gasteiger partial charge is 0.353 e. The lowest BCUT2D eigenvalue weighted by molar-refractivity contribution is -0.150. The van der Waals surface area contributed by atoms with Crippen LogP contribution in [-0.4, -0.2) is 62.8 Å². The second-order valence-electron chi connectivity index (χ2n) is 6.96. The molecule has 2 aliphatic rings. The van der Waals surface area contributed by atoms with Gasteiger partial charge in [-0.1, -0.05) is 16.9 Å². The second kappa shape index (κ2) is 9.52. The first-order valence-corrected chi connectivity index (χ1v) is 12.3. The molecular weight excluding hydrogens is 506 g/mol. The van der Waals surface area contributed by atoms with Gasteiger partial charge in [-0.25, -0.2) is 14.6 Å². The van der Waals surface area contributed by atoms with Crippen LogP contribution in [0.5, 0.6) is 0 Å². The molecule has 0 saturated carbocycles. The van der Waals surface area contributed by atoms with Crippen LogP contribution in [0, 0.1) is 6.92 Å². The van der Waals surface area contributed by atoms with Gasteiger partial charge in [-0.3, -0.25) is 14.5 Å². The number of fused-ring (bicyclic) bond motifs is 1. The lowest BCUT2D eigenvalue weighted by Crippen LogP contribution is -2.71. The van der Waals surface area contributed by atoms with E-state index in [2.05, 4.69) is 15.5 Å². The average Bonchev–Trinajstić information content (AvgIpc) is 3.20. The average molecular weight is 524 g/mol. The van der Waals surface area contributed by atoms with E-state index in [0.29, 0.717) is 15.6 Å². The first-order valence-electron chi connectivity index (χ1n) is 9.53. The van der Waals surface area contributed by atoms with Crippen molar-refractivity contribution in [1.29, 1.82) is 0 Å². The fourth-order valence-electron chi connectivity index (χ4n) is 3.35. The van der Waals surface area contributed by atoms with Crippen molar-refractivity contribution in [3.05, 3.63) is 50.0 Å². The minimum absolute atomic E-state index is 0.161. The van der Waals surface area contributed by atoms with Crippen molar-refractivity contribution < 1.29 is 28.7 Å². The number of nitrogens with two attached hydrogens (primary N) is 1. The van der Waals surface area contributed by atoms with Crippen LogP contribution in [0.1, 0.15) is 11.5 Å². The van der Waals surface area contributed by atoms with Crippen LogP contribution in [0.4, 0.5) is 5.13 Å². The van der Waals surface area contributed by atoms with E-state index < -0.39 is 34.8 Å². The van der Waals surface area contributed by atoms with E-state index >= 15 is 0 Å². The predicted octanol–water partition coefficient (Wildman–Crippen LogP) is 0.826. The number of carbonyl (C=O) groups excluding carboxylic acids is 2. The van der Waals surface area contributed by atoms with Crippen molar-refractivity contribution in [2.75, 3.05) is 18.6 Å². The van der Waals surface area contributed by atoms with Crippen LogP contribution in [0.3, 0.4) is 0 Å². The SMILES string of the molecule is CON=C(C(=O)N[C@@H]1C(=O)N2C(C(=O)O)=C(Sc3cc(C)oc(=O)c3)CS[C@@H]12)c1csc(N)n1. The highest BCUT2D eigenvalue weighted by Gasteiger charge is 2.54. The number of aromatic nitrogens is 1. The molecule has 4 rings (SSSR count). The van der Waals surface area contributed by atoms with Crippen molar-refractivity contribution in [2.45, 2.75) is 23.2 Å². The Morgan fingerprint density at radius 1 is 1.41 bits per heavy atom. The Bertz CT molecular complexity index is 1300. The van der Waals surface area contributed by atoms with Crippen LogP contribution in [0.25, 0.3) is 0 Å². The fourth-order valence-corrected chi connectivity index (χ4v) is 6.48. The first kappa shape index (κ1) is 23.8. The number of carbonyl (C=O) groups is 3. The van der Waals surface area contributed by atoms with Crippen molar-refractivity contribution >= 4 is 63.5 Å². The third-order valence-electron chi connectivity index (χ3n) is 4.69. The number of hydrogen-bond acceptors (Lipinski definition) is 12. The topological polar surface area (TPSA) is 177 Å². The lowest BCUT2D eigenvalue weighted by Gasteiger charge is -2.49. The molecule has 0 unspecified atom stereocenters. The van der Waals surface area contributed by atoms with E-state index in [1.54, 1.807) is 13.0 Å². The molecule has 34 heavy (non-hydrogen) atoms. The van der Waals surface area contributed by atoms with E-state index in [-0.39, 0.29) is 28.0 Å². The summed E-state index contributed by atoms with van der Waals surface area (Å²) in [6.07, 6.45) is 0. The number of amides is 2. The Balaban J connectivity index is 1.55. The third-order valence-corrected chi connectivity index (χ3v) is 7.88. The summed E-state index contributed by atoms with van der Waals surface area (Å²) in [6, 6.07) is 1.89. The van der Waals surface area contributed by atoms with E-state index in [1.165, 1.54) is 30.3 Å². The molecule has 2 aromatic heterocycles. The maximum Gasteiger partial charge on any atom is 0.353 e. The lowest BCUT2D eigenvalue weighted by atomic mass is 10.0. The molecule has 1 saturated heterocycles. The molecule has 1 fully saturated rings. The predicted molar refractivity (Wildman–Crippen MR) is 125 cm³/mol. The molecule has 2 aromatic rings. The summed E-state index contributed by atoms with van der Waals surface area (Å²) in [5, 5.41) is 17.2. The largest absolute Gasteiger partial charge is 0.477 e. The zero-order valence-electron chi connectivity index (χ0n) is 17.6. The van der Waals surface area contributed by atoms with E-state index in [9.17, 15) is 24.3 Å². The van der Waals surface area contributed by atoms with Gasteiger partial charge < -0.3 is 25.4 Å². The summed E-state index contributed by atoms with van der Waals surface area (Å²) in [4.78, 5) is 60.2. The number of hydrogen-bond donors (Lipinski definition) is 3. The molecule has 0 bridgehead atoms. The maximum atomic E-state index is 12.9. The number of aryl methyl sites for hydroxylation is 1. The minimum atomic E-state index is -1.29. The van der Waals surface area contributed by atoms with E-state index in [4.69, 9.17) is 15.0 Å². The number of nitrogen functional groups attached to an aromatic ring is 1. The summed E-state index contributed by atoms with van der Waals surface area (Å²) in [5.74, 6) is -1.94. The van der Waals surface area contributed by atoms with Crippen molar-refractivity contribution in [3.8, 4) is 0 Å². The number of aliphatic carboxylic acids is 1. The molecule has 4 N–H and O–H groups in total. The van der Waals surface area contributed by atoms with Gasteiger partial charge in [0.25, 0.3) is 11.8 Å². The summed E-state index contributed by atoms with van der Waals surface area (Å²) >= 11 is 3.48. The van der Waals surface area contributed by atoms with Gasteiger partial charge in [-0.05, 0) is 13.0 Å². The van der Waals surface area contributed by atoms with Crippen LogP contribution in [0.2, 0.25) is 0 Å². The van der Waals surface area contributed by atoms with E-state index in [1.807, 2.05) is 0 Å². The standard InChI is InChI=1S/C19H17N5O7S3/c1-7-3-8(4-11(25)31-7)34-10-6-32-17-13(16(27)24(17)14(10)18(28)29)22-15(26)12(23-30-2)9-5-33-19(20)21-9/h3-5,13,17H,6H2,1-2H3,(H2,20,21)(H,22,26)(H,28,29)/t13-,17+/m1/s1. The molecular formula is C19H17N5O7S3. The molecule has 2 aliphatic heterocycles. The third kappa shape index (κ3) is 4.53. The van der Waals surface area contributed by atoms with Crippen molar-refractivity contribution in [3.63, 3.8) is 0 Å². The molecule has 178 valence electrons. The molecule has 0 spiro atoms. The quantitative estimate of drug-likeness (QED) is 0.266. The summed E-state index contributed by atoms with van der Waals surface area (Å²) < 4.78 is 4.93. The summed E-state index contributed by atoms with van der Waals surface area (Å²) in [6.45, 7) is 1.61. The fraction of sp³-hybridized carbons (Fsp3) is 0.263. The molecule has 0 aromatic carbocycles. The maximum absolute atomic E-state index is 12.9. The Labute approximate surface area is 204 Å². The Morgan fingerprint density at radius 2 is 2.18 bits per heavy atom. The number of rotatable bonds is 7. The molecule has 0 aliphatic carbocycles. The number of anilines is 1. The highest BCUT2D eigenvalue weighted by Crippen LogP contribution is 2.45.